The van der Waals surface area contributed by atoms with Gasteiger partial charge in [-0.2, -0.15) is 0 Å². The standard InChI is InChI=1S/C12H16ClNO3/c1-9(13)12(15)14-6-7-17-11-5-3-4-10(8-11)16-2/h3-5,8-9H,6-7H2,1-2H3,(H,14,15). The largest absolute Gasteiger partial charge is 0.497 e. The molecule has 1 aromatic rings. The molecule has 1 amide bonds. The third-order valence-corrected chi connectivity index (χ3v) is 2.27. The normalized spacial score (nSPS) is 11.7. The molecular formula is C12H16ClNO3. The summed E-state index contributed by atoms with van der Waals surface area (Å²) in [6.07, 6.45) is 0. The van der Waals surface area contributed by atoms with Gasteiger partial charge < -0.3 is 14.8 Å². The van der Waals surface area contributed by atoms with Crippen molar-refractivity contribution < 1.29 is 14.3 Å². The quantitative estimate of drug-likeness (QED) is 0.625. The Morgan fingerprint density at radius 3 is 2.82 bits per heavy atom. The van der Waals surface area contributed by atoms with Gasteiger partial charge in [0, 0.05) is 6.07 Å². The van der Waals surface area contributed by atoms with Gasteiger partial charge in [0.25, 0.3) is 0 Å². The number of amides is 1. The summed E-state index contributed by atoms with van der Waals surface area (Å²) < 4.78 is 10.5. The van der Waals surface area contributed by atoms with Crippen molar-refractivity contribution in [3.8, 4) is 11.5 Å². The van der Waals surface area contributed by atoms with Gasteiger partial charge >= 0.3 is 0 Å². The highest BCUT2D eigenvalue weighted by molar-refractivity contribution is 6.30. The maximum atomic E-state index is 11.1. The maximum absolute atomic E-state index is 11.1. The van der Waals surface area contributed by atoms with Crippen LogP contribution in [0, 0.1) is 0 Å². The van der Waals surface area contributed by atoms with Crippen molar-refractivity contribution >= 4 is 17.5 Å². The second-order valence-electron chi connectivity index (χ2n) is 3.43. The van der Waals surface area contributed by atoms with Crippen molar-refractivity contribution in [3.63, 3.8) is 0 Å². The lowest BCUT2D eigenvalue weighted by Gasteiger charge is -2.09. The van der Waals surface area contributed by atoms with E-state index < -0.39 is 5.38 Å². The van der Waals surface area contributed by atoms with Crippen LogP contribution in [-0.4, -0.2) is 31.5 Å². The Morgan fingerprint density at radius 2 is 2.18 bits per heavy atom. The predicted octanol–water partition coefficient (Wildman–Crippen LogP) is 1.82. The molecule has 0 fully saturated rings. The summed E-state index contributed by atoms with van der Waals surface area (Å²) in [6.45, 7) is 2.44. The molecular weight excluding hydrogens is 242 g/mol. The van der Waals surface area contributed by atoms with E-state index >= 15 is 0 Å². The van der Waals surface area contributed by atoms with Gasteiger partial charge in [0.2, 0.25) is 5.91 Å². The van der Waals surface area contributed by atoms with E-state index in [2.05, 4.69) is 5.32 Å². The van der Waals surface area contributed by atoms with Crippen molar-refractivity contribution in [2.45, 2.75) is 12.3 Å². The van der Waals surface area contributed by atoms with Gasteiger partial charge in [-0.3, -0.25) is 4.79 Å². The molecule has 1 rings (SSSR count). The number of methoxy groups -OCH3 is 1. The molecule has 0 saturated carbocycles. The van der Waals surface area contributed by atoms with Crippen LogP contribution in [0.25, 0.3) is 0 Å². The van der Waals surface area contributed by atoms with Crippen LogP contribution in [0.2, 0.25) is 0 Å². The maximum Gasteiger partial charge on any atom is 0.237 e. The third kappa shape index (κ3) is 4.95. The second kappa shape index (κ2) is 7.01. The Morgan fingerprint density at radius 1 is 1.47 bits per heavy atom. The molecule has 0 heterocycles. The lowest BCUT2D eigenvalue weighted by molar-refractivity contribution is -0.120. The van der Waals surface area contributed by atoms with Gasteiger partial charge in [0.1, 0.15) is 23.5 Å². The number of ether oxygens (including phenoxy) is 2. The van der Waals surface area contributed by atoms with Crippen LogP contribution in [0.1, 0.15) is 6.92 Å². The first-order chi connectivity index (χ1) is 8.13. The molecule has 0 aromatic heterocycles. The molecule has 0 saturated heterocycles. The summed E-state index contributed by atoms with van der Waals surface area (Å²) in [6, 6.07) is 7.29. The smallest absolute Gasteiger partial charge is 0.237 e. The lowest BCUT2D eigenvalue weighted by Crippen LogP contribution is -2.32. The Labute approximate surface area is 106 Å². The van der Waals surface area contributed by atoms with Crippen molar-refractivity contribution in [3.05, 3.63) is 24.3 Å². The Balaban J connectivity index is 2.28. The van der Waals surface area contributed by atoms with Crippen LogP contribution in [-0.2, 0) is 4.79 Å². The summed E-state index contributed by atoms with van der Waals surface area (Å²) in [7, 11) is 1.60. The Kier molecular flexibility index (Phi) is 5.63. The Bertz CT molecular complexity index is 369. The molecule has 17 heavy (non-hydrogen) atoms. The first-order valence-electron chi connectivity index (χ1n) is 5.32. The number of hydrogen-bond donors (Lipinski definition) is 1. The monoisotopic (exact) mass is 257 g/mol. The van der Waals surface area contributed by atoms with Crippen molar-refractivity contribution in [1.29, 1.82) is 0 Å². The number of alkyl halides is 1. The number of rotatable bonds is 6. The molecule has 0 spiro atoms. The third-order valence-electron chi connectivity index (χ3n) is 2.07. The molecule has 1 unspecified atom stereocenters. The Hall–Kier alpha value is -1.42. The number of nitrogens with one attached hydrogen (secondary N) is 1. The molecule has 0 bridgehead atoms. The molecule has 0 radical (unpaired) electrons. The number of halogens is 1. The molecule has 5 heteroatoms. The van der Waals surface area contributed by atoms with E-state index in [0.717, 1.165) is 5.75 Å². The molecule has 1 aromatic carbocycles. The molecule has 0 aliphatic carbocycles. The van der Waals surface area contributed by atoms with Crippen LogP contribution in [0.4, 0.5) is 0 Å². The number of carbonyl (C=O) groups is 1. The molecule has 1 N–H and O–H groups in total. The predicted molar refractivity (Wildman–Crippen MR) is 66.8 cm³/mol. The summed E-state index contributed by atoms with van der Waals surface area (Å²) in [5, 5.41) is 2.13. The van der Waals surface area contributed by atoms with Gasteiger partial charge in [-0.25, -0.2) is 0 Å². The van der Waals surface area contributed by atoms with Crippen LogP contribution in [0.5, 0.6) is 11.5 Å². The molecule has 4 nitrogen and oxygen atoms in total. The number of benzene rings is 1. The zero-order valence-corrected chi connectivity index (χ0v) is 10.7. The fourth-order valence-corrected chi connectivity index (χ4v) is 1.25. The van der Waals surface area contributed by atoms with Gasteiger partial charge in [-0.1, -0.05) is 6.07 Å². The van der Waals surface area contributed by atoms with E-state index in [0.29, 0.717) is 18.9 Å². The van der Waals surface area contributed by atoms with Gasteiger partial charge in [-0.15, -0.1) is 11.6 Å². The highest BCUT2D eigenvalue weighted by Crippen LogP contribution is 2.18. The minimum Gasteiger partial charge on any atom is -0.497 e. The number of carbonyl (C=O) groups excluding carboxylic acids is 1. The van der Waals surface area contributed by atoms with Crippen LogP contribution in [0.15, 0.2) is 24.3 Å². The zero-order chi connectivity index (χ0) is 12.7. The SMILES string of the molecule is COc1cccc(OCCNC(=O)C(C)Cl)c1. The van der Waals surface area contributed by atoms with Crippen LogP contribution in [0.3, 0.4) is 0 Å². The summed E-state index contributed by atoms with van der Waals surface area (Å²) in [5.41, 5.74) is 0. The summed E-state index contributed by atoms with van der Waals surface area (Å²) in [4.78, 5) is 11.1. The number of hydrogen-bond acceptors (Lipinski definition) is 3. The van der Waals surface area contributed by atoms with E-state index in [9.17, 15) is 4.79 Å². The highest BCUT2D eigenvalue weighted by atomic mass is 35.5. The second-order valence-corrected chi connectivity index (χ2v) is 4.09. The molecule has 94 valence electrons. The topological polar surface area (TPSA) is 47.6 Å². The first-order valence-corrected chi connectivity index (χ1v) is 5.75. The fourth-order valence-electron chi connectivity index (χ4n) is 1.17. The van der Waals surface area contributed by atoms with Crippen LogP contribution < -0.4 is 14.8 Å². The van der Waals surface area contributed by atoms with E-state index in [1.54, 1.807) is 20.1 Å². The van der Waals surface area contributed by atoms with Crippen molar-refractivity contribution in [2.24, 2.45) is 0 Å². The van der Waals surface area contributed by atoms with Gasteiger partial charge in [0.05, 0.1) is 13.7 Å². The van der Waals surface area contributed by atoms with Gasteiger partial charge in [0.15, 0.2) is 0 Å². The van der Waals surface area contributed by atoms with E-state index in [4.69, 9.17) is 21.1 Å². The molecule has 0 aliphatic heterocycles. The fraction of sp³-hybridized carbons (Fsp3) is 0.417. The average Bonchev–Trinajstić information content (AvgIpc) is 2.34. The van der Waals surface area contributed by atoms with E-state index in [1.165, 1.54) is 0 Å². The highest BCUT2D eigenvalue weighted by Gasteiger charge is 2.07. The molecule has 0 aliphatic rings. The summed E-state index contributed by atoms with van der Waals surface area (Å²) in [5.74, 6) is 1.25. The minimum absolute atomic E-state index is 0.194. The minimum atomic E-state index is -0.521. The zero-order valence-electron chi connectivity index (χ0n) is 9.90. The average molecular weight is 258 g/mol. The van der Waals surface area contributed by atoms with Crippen LogP contribution >= 0.6 is 11.6 Å². The van der Waals surface area contributed by atoms with E-state index in [-0.39, 0.29) is 5.91 Å². The van der Waals surface area contributed by atoms with Crippen molar-refractivity contribution in [2.75, 3.05) is 20.3 Å². The van der Waals surface area contributed by atoms with Crippen molar-refractivity contribution in [1.82, 2.24) is 5.32 Å². The summed E-state index contributed by atoms with van der Waals surface area (Å²) >= 11 is 5.59. The van der Waals surface area contributed by atoms with E-state index in [1.807, 2.05) is 18.2 Å². The molecule has 1 atom stereocenters. The van der Waals surface area contributed by atoms with Gasteiger partial charge in [-0.05, 0) is 19.1 Å². The lowest BCUT2D eigenvalue weighted by atomic mass is 10.3. The first kappa shape index (κ1) is 13.6.